The molecule has 0 saturated carbocycles. The van der Waals surface area contributed by atoms with Gasteiger partial charge in [-0.05, 0) is 71.8 Å². The van der Waals surface area contributed by atoms with Gasteiger partial charge < -0.3 is 40.0 Å². The van der Waals surface area contributed by atoms with Crippen LogP contribution in [0.5, 0.6) is 5.88 Å². The highest BCUT2D eigenvalue weighted by Gasteiger charge is 2.45. The molecule has 1 unspecified atom stereocenters. The molecule has 2 aromatic carbocycles. The number of hydrogen-bond acceptors (Lipinski definition) is 11. The van der Waals surface area contributed by atoms with E-state index < -0.39 is 5.79 Å². The highest BCUT2D eigenvalue weighted by molar-refractivity contribution is 14.1. The Bertz CT molecular complexity index is 1510. The lowest BCUT2D eigenvalue weighted by molar-refractivity contribution is -0.384. The number of methoxy groups -OCH3 is 1. The number of anilines is 5. The lowest BCUT2D eigenvalue weighted by atomic mass is 10.1. The summed E-state index contributed by atoms with van der Waals surface area (Å²) >= 11 is 2.25. The number of nitro groups is 1. The molecule has 3 aliphatic rings. The average Bonchev–Trinajstić information content (AvgIpc) is 3.38. The summed E-state index contributed by atoms with van der Waals surface area (Å²) in [5.41, 5.74) is 6.52. The van der Waals surface area contributed by atoms with Crippen molar-refractivity contribution in [3.63, 3.8) is 0 Å². The highest BCUT2D eigenvalue weighted by Crippen LogP contribution is 2.48. The molecule has 3 aromatic rings. The third-order valence-electron chi connectivity index (χ3n) is 7.95. The van der Waals surface area contributed by atoms with E-state index in [0.29, 0.717) is 56.6 Å². The topological polar surface area (TPSA) is 126 Å². The Kier molecular flexibility index (Phi) is 7.89. The highest BCUT2D eigenvalue weighted by atomic mass is 127. The molecule has 0 spiro atoms. The van der Waals surface area contributed by atoms with E-state index in [4.69, 9.17) is 14.2 Å². The summed E-state index contributed by atoms with van der Waals surface area (Å²) in [4.78, 5) is 21.1. The van der Waals surface area contributed by atoms with Crippen LogP contribution >= 0.6 is 22.6 Å². The third kappa shape index (κ3) is 5.24. The monoisotopic (exact) mass is 687 g/mol. The Morgan fingerprint density at radius 2 is 1.62 bits per heavy atom. The first kappa shape index (κ1) is 28.6. The van der Waals surface area contributed by atoms with Gasteiger partial charge in [0.05, 0.1) is 55.4 Å². The summed E-state index contributed by atoms with van der Waals surface area (Å²) in [5, 5.41) is 23.4. The lowest BCUT2D eigenvalue weighted by Gasteiger charge is -2.35. The van der Waals surface area contributed by atoms with Gasteiger partial charge in [0.1, 0.15) is 5.69 Å². The van der Waals surface area contributed by atoms with Crippen LogP contribution in [0.25, 0.3) is 0 Å². The number of fused-ring (bicyclic) bond motifs is 1. The minimum atomic E-state index is -1.21. The third-order valence-corrected chi connectivity index (χ3v) is 8.85. The average molecular weight is 688 g/mol. The quantitative estimate of drug-likeness (QED) is 0.183. The van der Waals surface area contributed by atoms with E-state index >= 15 is 0 Å². The van der Waals surface area contributed by atoms with Gasteiger partial charge in [0.15, 0.2) is 0 Å². The van der Waals surface area contributed by atoms with Gasteiger partial charge in [-0.3, -0.25) is 10.1 Å². The predicted octanol–water partition coefficient (Wildman–Crippen LogP) is 4.65. The fourth-order valence-electron chi connectivity index (χ4n) is 5.87. The molecular weight excluding hydrogens is 653 g/mol. The molecule has 42 heavy (non-hydrogen) atoms. The molecule has 0 aliphatic carbocycles. The Morgan fingerprint density at radius 1 is 1.00 bits per heavy atom. The Labute approximate surface area is 258 Å². The van der Waals surface area contributed by atoms with Gasteiger partial charge in [0.25, 0.3) is 5.69 Å². The maximum Gasteiger partial charge on any atom is 0.294 e. The van der Waals surface area contributed by atoms with E-state index in [1.54, 1.807) is 19.4 Å². The Morgan fingerprint density at radius 3 is 2.24 bits per heavy atom. The summed E-state index contributed by atoms with van der Waals surface area (Å²) in [6, 6.07) is 9.80. The van der Waals surface area contributed by atoms with E-state index in [2.05, 4.69) is 72.4 Å². The first-order valence-electron chi connectivity index (χ1n) is 13.9. The molecule has 3 aliphatic heterocycles. The molecule has 2 fully saturated rings. The zero-order valence-electron chi connectivity index (χ0n) is 23.8. The van der Waals surface area contributed by atoms with Gasteiger partial charge >= 0.3 is 0 Å². The van der Waals surface area contributed by atoms with E-state index in [1.165, 1.54) is 0 Å². The number of ether oxygens (including phenoxy) is 3. The summed E-state index contributed by atoms with van der Waals surface area (Å²) in [6.45, 7) is 9.48. The number of nitro benzene ring substituents is 1. The molecule has 222 valence electrons. The second-order valence-corrected chi connectivity index (χ2v) is 11.8. The first-order chi connectivity index (χ1) is 20.3. The van der Waals surface area contributed by atoms with Crippen LogP contribution in [0, 0.1) is 27.5 Å². The summed E-state index contributed by atoms with van der Waals surface area (Å²) in [7, 11) is 1.57. The molecule has 0 amide bonds. The minimum Gasteiger partial charge on any atom is -0.481 e. The van der Waals surface area contributed by atoms with Crippen LogP contribution < -0.4 is 30.5 Å². The van der Waals surface area contributed by atoms with Crippen molar-refractivity contribution < 1.29 is 19.1 Å². The van der Waals surface area contributed by atoms with E-state index in [9.17, 15) is 10.1 Å². The number of rotatable bonds is 7. The van der Waals surface area contributed by atoms with Crippen LogP contribution in [0.4, 0.5) is 34.1 Å². The van der Waals surface area contributed by atoms with Crippen LogP contribution in [0.3, 0.4) is 0 Å². The molecule has 6 rings (SSSR count). The number of nitrogens with zero attached hydrogens (tertiary/aromatic N) is 4. The second kappa shape index (κ2) is 11.6. The lowest BCUT2D eigenvalue weighted by Crippen LogP contribution is -2.48. The number of nitrogens with one attached hydrogen (secondary N) is 3. The number of hydrogen-bond donors (Lipinski definition) is 3. The Balaban J connectivity index is 1.47. The number of aromatic nitrogens is 1. The van der Waals surface area contributed by atoms with E-state index in [-0.39, 0.29) is 10.6 Å². The molecule has 1 aromatic heterocycles. The Hall–Kier alpha value is -3.56. The molecule has 4 heterocycles. The molecule has 0 bridgehead atoms. The van der Waals surface area contributed by atoms with Crippen LogP contribution in [-0.4, -0.2) is 69.6 Å². The summed E-state index contributed by atoms with van der Waals surface area (Å²) in [6.07, 6.45) is 1.69. The summed E-state index contributed by atoms with van der Waals surface area (Å²) in [5.74, 6) is -0.804. The van der Waals surface area contributed by atoms with Gasteiger partial charge in [-0.25, -0.2) is 4.98 Å². The minimum absolute atomic E-state index is 0.0148. The van der Waals surface area contributed by atoms with Gasteiger partial charge in [-0.15, -0.1) is 0 Å². The van der Waals surface area contributed by atoms with Crippen molar-refractivity contribution in [2.45, 2.75) is 19.6 Å². The van der Waals surface area contributed by atoms with Crippen molar-refractivity contribution in [2.75, 3.05) is 85.5 Å². The molecule has 12 nitrogen and oxygen atoms in total. The zero-order valence-corrected chi connectivity index (χ0v) is 26.0. The number of pyridine rings is 1. The van der Waals surface area contributed by atoms with Crippen LogP contribution in [0.15, 0.2) is 36.5 Å². The smallest absolute Gasteiger partial charge is 0.294 e. The maximum atomic E-state index is 12.5. The number of morpholine rings is 2. The molecular formula is C29H34IN7O5. The molecule has 0 radical (unpaired) electrons. The van der Waals surface area contributed by atoms with Crippen molar-refractivity contribution in [3.8, 4) is 5.88 Å². The van der Waals surface area contributed by atoms with Gasteiger partial charge in [-0.1, -0.05) is 0 Å². The van der Waals surface area contributed by atoms with Gasteiger partial charge in [-0.2, -0.15) is 0 Å². The second-order valence-electron chi connectivity index (χ2n) is 10.6. The fourth-order valence-corrected chi connectivity index (χ4v) is 6.67. The number of benzene rings is 2. The largest absolute Gasteiger partial charge is 0.481 e. The van der Waals surface area contributed by atoms with Crippen molar-refractivity contribution in [2.24, 2.45) is 0 Å². The summed E-state index contributed by atoms with van der Waals surface area (Å²) < 4.78 is 17.7. The molecule has 13 heteroatoms. The molecule has 1 atom stereocenters. The van der Waals surface area contributed by atoms with Crippen molar-refractivity contribution in [1.29, 1.82) is 0 Å². The van der Waals surface area contributed by atoms with Crippen LogP contribution in [-0.2, 0) is 15.3 Å². The normalized spacial score (nSPS) is 20.0. The predicted molar refractivity (Wildman–Crippen MR) is 171 cm³/mol. The van der Waals surface area contributed by atoms with Crippen molar-refractivity contribution in [3.05, 3.63) is 66.9 Å². The zero-order chi connectivity index (χ0) is 29.4. The van der Waals surface area contributed by atoms with E-state index in [0.717, 1.165) is 50.5 Å². The maximum absolute atomic E-state index is 12.5. The van der Waals surface area contributed by atoms with Crippen LogP contribution in [0.1, 0.15) is 16.7 Å². The standard InChI is InChI=1S/C29H34IN7O5/c1-18-14-20(35-6-10-41-11-7-35)16-23-26(18)33-29(32-23,25-22(30)4-5-31-28(25)40-3)34-27-19(2)15-21(17-24(27)37(38)39)36-8-12-42-13-9-36/h4-5,14-17,32-34H,6-13H2,1-3H3. The van der Waals surface area contributed by atoms with Gasteiger partial charge in [0.2, 0.25) is 11.7 Å². The van der Waals surface area contributed by atoms with Crippen LogP contribution in [0.2, 0.25) is 0 Å². The molecule has 2 saturated heterocycles. The van der Waals surface area contributed by atoms with Gasteiger partial charge in [0, 0.05) is 53.4 Å². The van der Waals surface area contributed by atoms with Crippen molar-refractivity contribution >= 4 is 56.7 Å². The SMILES string of the molecule is COc1nccc(I)c1C1(Nc2c(C)cc(N3CCOCC3)cc2[N+](=O)[O-])Nc2cc(N3CCOCC3)cc(C)c2N1. The number of aryl methyl sites for hydroxylation is 2. The van der Waals surface area contributed by atoms with E-state index in [1.807, 2.05) is 19.1 Å². The fraction of sp³-hybridized carbons (Fsp3) is 0.414. The molecule has 3 N–H and O–H groups in total. The number of halogens is 1. The first-order valence-corrected chi connectivity index (χ1v) is 15.0. The van der Waals surface area contributed by atoms with Crippen molar-refractivity contribution in [1.82, 2.24) is 4.98 Å².